The van der Waals surface area contributed by atoms with Gasteiger partial charge in [0.1, 0.15) is 17.5 Å². The Balaban J connectivity index is 1.65. The van der Waals surface area contributed by atoms with E-state index in [0.29, 0.717) is 17.5 Å². The van der Waals surface area contributed by atoms with Crippen molar-refractivity contribution in [2.45, 2.75) is 75.1 Å². The molecule has 2 aromatic rings. The molecule has 0 bridgehead atoms. The molecule has 4 rings (SSSR count). The van der Waals surface area contributed by atoms with E-state index in [1.54, 1.807) is 7.11 Å². The van der Waals surface area contributed by atoms with Crippen LogP contribution in [0.3, 0.4) is 0 Å². The van der Waals surface area contributed by atoms with Crippen LogP contribution in [0.25, 0.3) is 0 Å². The molecule has 0 spiro atoms. The first-order chi connectivity index (χ1) is 16.0. The number of ether oxygens (including phenoxy) is 3. The molecule has 13 heteroatoms. The van der Waals surface area contributed by atoms with Crippen LogP contribution < -0.4 is 4.72 Å². The Morgan fingerprint density at radius 2 is 1.91 bits per heavy atom. The van der Waals surface area contributed by atoms with E-state index in [9.17, 15) is 8.42 Å². The summed E-state index contributed by atoms with van der Waals surface area (Å²) in [6.07, 6.45) is 4.90. The van der Waals surface area contributed by atoms with Crippen molar-refractivity contribution >= 4 is 27.6 Å². The highest BCUT2D eigenvalue weighted by atomic mass is 35.5. The molecule has 1 N–H and O–H groups in total. The maximum Gasteiger partial charge on any atom is 0.240 e. The van der Waals surface area contributed by atoms with E-state index in [1.165, 1.54) is 26.4 Å². The molecule has 0 unspecified atom stereocenters. The lowest BCUT2D eigenvalue weighted by atomic mass is 10.1. The van der Waals surface area contributed by atoms with Gasteiger partial charge in [0.25, 0.3) is 0 Å². The number of sulfonamides is 1. The predicted molar refractivity (Wildman–Crippen MR) is 125 cm³/mol. The average molecular weight is 515 g/mol. The van der Waals surface area contributed by atoms with Gasteiger partial charge in [-0.25, -0.2) is 18.4 Å². The summed E-state index contributed by atoms with van der Waals surface area (Å²) in [5, 5.41) is 7.90. The van der Waals surface area contributed by atoms with Crippen molar-refractivity contribution in [2.24, 2.45) is 0 Å². The topological polar surface area (TPSA) is 130 Å². The Morgan fingerprint density at radius 1 is 1.24 bits per heavy atom. The highest BCUT2D eigenvalue weighted by Crippen LogP contribution is 2.49. The summed E-state index contributed by atoms with van der Waals surface area (Å²) in [7, 11) is -0.944. The molecule has 1 saturated carbocycles. The van der Waals surface area contributed by atoms with Gasteiger partial charge in [0.2, 0.25) is 16.0 Å². The minimum Gasteiger partial charge on any atom is -0.382 e. The normalized spacial score (nSPS) is 22.9. The van der Waals surface area contributed by atoms with Crippen molar-refractivity contribution in [1.82, 2.24) is 24.7 Å². The van der Waals surface area contributed by atoms with Crippen LogP contribution in [0.1, 0.15) is 70.3 Å². The summed E-state index contributed by atoms with van der Waals surface area (Å²) in [5.74, 6) is 0.956. The zero-order valence-corrected chi connectivity index (χ0v) is 21.6. The van der Waals surface area contributed by atoms with Gasteiger partial charge >= 0.3 is 0 Å². The van der Waals surface area contributed by atoms with Crippen molar-refractivity contribution in [1.29, 1.82) is 0 Å². The van der Waals surface area contributed by atoms with E-state index >= 15 is 0 Å². The van der Waals surface area contributed by atoms with Crippen LogP contribution >= 0.6 is 11.6 Å². The quantitative estimate of drug-likeness (QED) is 0.508. The maximum atomic E-state index is 13.4. The minimum atomic E-state index is -3.98. The summed E-state index contributed by atoms with van der Waals surface area (Å²) in [4.78, 5) is 8.25. The summed E-state index contributed by atoms with van der Waals surface area (Å²) >= 11 is 5.87. The fourth-order valence-corrected chi connectivity index (χ4v) is 5.63. The lowest BCUT2D eigenvalue weighted by molar-refractivity contribution is -0.0229. The number of anilines is 1. The second kappa shape index (κ2) is 9.30. The van der Waals surface area contributed by atoms with Gasteiger partial charge in [0.15, 0.2) is 11.6 Å². The minimum absolute atomic E-state index is 0.136. The second-order valence-corrected chi connectivity index (χ2v) is 12.0. The Kier molecular flexibility index (Phi) is 6.91. The number of nitrogens with one attached hydrogen (secondary N) is 1. The molecule has 2 aliphatic rings. The van der Waals surface area contributed by atoms with Crippen molar-refractivity contribution in [3.63, 3.8) is 0 Å². The van der Waals surface area contributed by atoms with Crippen LogP contribution in [0.5, 0.6) is 0 Å². The van der Waals surface area contributed by atoms with Gasteiger partial charge in [-0.05, 0) is 46.5 Å². The van der Waals surface area contributed by atoms with Gasteiger partial charge < -0.3 is 14.2 Å². The molecule has 0 radical (unpaired) electrons. The molecule has 1 aliphatic carbocycles. The number of aromatic nitrogens is 5. The van der Waals surface area contributed by atoms with Gasteiger partial charge in [-0.2, -0.15) is 0 Å². The Bertz CT molecular complexity index is 1120. The molecule has 3 heterocycles. The zero-order chi connectivity index (χ0) is 24.7. The molecule has 11 nitrogen and oxygen atoms in total. The van der Waals surface area contributed by atoms with Gasteiger partial charge in [0, 0.05) is 26.6 Å². The van der Waals surface area contributed by atoms with Crippen molar-refractivity contribution < 1.29 is 22.6 Å². The van der Waals surface area contributed by atoms with Crippen molar-refractivity contribution in [3.8, 4) is 0 Å². The van der Waals surface area contributed by atoms with E-state index in [2.05, 4.69) is 24.9 Å². The summed E-state index contributed by atoms with van der Waals surface area (Å²) in [5.41, 5.74) is -0.692. The van der Waals surface area contributed by atoms with Crippen LogP contribution in [-0.4, -0.2) is 64.8 Å². The number of hydrogen-bond acceptors (Lipinski definition) is 9. The van der Waals surface area contributed by atoms with E-state index in [4.69, 9.17) is 25.8 Å². The van der Waals surface area contributed by atoms with Gasteiger partial charge in [0.05, 0.1) is 22.8 Å². The molecule has 2 aromatic heterocycles. The molecular formula is C21H31ClN6O5S. The Hall–Kier alpha value is -1.86. The summed E-state index contributed by atoms with van der Waals surface area (Å²) in [6.45, 7) is 6.01. The molecular weight excluding hydrogens is 484 g/mol. The molecule has 0 amide bonds. The second-order valence-electron chi connectivity index (χ2n) is 9.55. The smallest absolute Gasteiger partial charge is 0.240 e. The molecule has 1 aliphatic heterocycles. The zero-order valence-electron chi connectivity index (χ0n) is 20.0. The third kappa shape index (κ3) is 4.92. The summed E-state index contributed by atoms with van der Waals surface area (Å²) < 4.78 is 48.4. The number of hydrogen-bond donors (Lipinski definition) is 1. The third-order valence-corrected chi connectivity index (χ3v) is 8.35. The third-order valence-electron chi connectivity index (χ3n) is 6.46. The highest BCUT2D eigenvalue weighted by molar-refractivity contribution is 7.93. The van der Waals surface area contributed by atoms with Crippen molar-refractivity contribution in [2.75, 3.05) is 25.5 Å². The number of methoxy groups -OCH3 is 2. The summed E-state index contributed by atoms with van der Waals surface area (Å²) in [6, 6.07) is 0. The molecule has 3 atom stereocenters. The first kappa shape index (κ1) is 25.2. The van der Waals surface area contributed by atoms with Crippen LogP contribution in [0.2, 0.25) is 5.02 Å². The molecule has 2 fully saturated rings. The largest absolute Gasteiger partial charge is 0.382 e. The van der Waals surface area contributed by atoms with Crippen LogP contribution in [0.15, 0.2) is 12.4 Å². The molecule has 188 valence electrons. The van der Waals surface area contributed by atoms with E-state index in [-0.39, 0.29) is 23.5 Å². The number of nitrogens with zero attached hydrogens (tertiary/aromatic N) is 5. The monoisotopic (exact) mass is 514 g/mol. The van der Waals surface area contributed by atoms with E-state index in [1.807, 2.05) is 18.4 Å². The standard InChI is InChI=1S/C21H31ClN6O5S/c1-13(16(32-5)17-23-10-14(22)11-24-17)34(29,30)27-19-26-25-18(15-6-7-20(2,3)33-15)28(19)21(8-9-21)12-31-4/h10-11,13,15-16H,6-9,12H2,1-5H3,(H,26,27)/t13-,15+,16-/m0/s1. The van der Waals surface area contributed by atoms with Crippen LogP contribution in [0.4, 0.5) is 5.95 Å². The molecule has 34 heavy (non-hydrogen) atoms. The van der Waals surface area contributed by atoms with Crippen LogP contribution in [0, 0.1) is 0 Å². The Labute approximate surface area is 204 Å². The molecule has 1 saturated heterocycles. The van der Waals surface area contributed by atoms with E-state index in [0.717, 1.165) is 25.7 Å². The van der Waals surface area contributed by atoms with Gasteiger partial charge in [-0.3, -0.25) is 9.29 Å². The fraction of sp³-hybridized carbons (Fsp3) is 0.714. The number of halogens is 1. The Morgan fingerprint density at radius 3 is 2.44 bits per heavy atom. The first-order valence-electron chi connectivity index (χ1n) is 11.2. The van der Waals surface area contributed by atoms with E-state index < -0.39 is 26.9 Å². The lowest BCUT2D eigenvalue weighted by Crippen LogP contribution is -2.35. The predicted octanol–water partition coefficient (Wildman–Crippen LogP) is 3.01. The van der Waals surface area contributed by atoms with Crippen LogP contribution in [-0.2, 0) is 29.8 Å². The molecule has 0 aromatic carbocycles. The van der Waals surface area contributed by atoms with Crippen molar-refractivity contribution in [3.05, 3.63) is 29.1 Å². The van der Waals surface area contributed by atoms with Gasteiger partial charge in [-0.15, -0.1) is 10.2 Å². The average Bonchev–Trinajstić information content (AvgIpc) is 3.28. The first-order valence-corrected chi connectivity index (χ1v) is 13.1. The fourth-order valence-electron chi connectivity index (χ4n) is 4.41. The van der Waals surface area contributed by atoms with Gasteiger partial charge in [-0.1, -0.05) is 11.6 Å². The maximum absolute atomic E-state index is 13.4. The number of rotatable bonds is 10. The lowest BCUT2D eigenvalue weighted by Gasteiger charge is -2.26. The SMILES string of the molecule is COCC1(n2c(NS(=O)(=O)[C@@H](C)[C@H](OC)c3ncc(Cl)cn3)nnc2[C@H]2CCC(C)(C)O2)CC1. The highest BCUT2D eigenvalue weighted by Gasteiger charge is 2.50.